The lowest BCUT2D eigenvalue weighted by Crippen LogP contribution is -2.46. The van der Waals surface area contributed by atoms with Crippen molar-refractivity contribution in [3.05, 3.63) is 12.2 Å². The van der Waals surface area contributed by atoms with Gasteiger partial charge in [0.05, 0.1) is 0 Å². The van der Waals surface area contributed by atoms with E-state index in [-0.39, 0.29) is 24.6 Å². The fraction of sp³-hybridized carbons (Fsp3) is 0.842. The van der Waals surface area contributed by atoms with Gasteiger partial charge in [-0.1, -0.05) is 31.4 Å². The minimum atomic E-state index is -0.0935. The topological polar surface area (TPSA) is 64.6 Å². The molecule has 3 aliphatic rings. The number of carbonyl (C=O) groups is 1. The van der Waals surface area contributed by atoms with Gasteiger partial charge in [0.1, 0.15) is 0 Å². The third-order valence-electron chi connectivity index (χ3n) is 6.27. The molecule has 5 nitrogen and oxygen atoms in total. The number of hydrogen-bond donors (Lipinski definition) is 3. The van der Waals surface area contributed by atoms with Gasteiger partial charge in [-0.15, -0.1) is 0 Å². The highest BCUT2D eigenvalue weighted by molar-refractivity contribution is 5.74. The van der Waals surface area contributed by atoms with Crippen molar-refractivity contribution in [2.45, 2.75) is 57.4 Å². The first-order chi connectivity index (χ1) is 11.7. The van der Waals surface area contributed by atoms with E-state index in [0.717, 1.165) is 13.0 Å². The van der Waals surface area contributed by atoms with E-state index in [0.29, 0.717) is 12.0 Å². The van der Waals surface area contributed by atoms with E-state index in [9.17, 15) is 4.79 Å². The fourth-order valence-corrected chi connectivity index (χ4v) is 4.62. The first-order valence-corrected chi connectivity index (χ1v) is 9.75. The standard InChI is InChI=1S/C19H33N3O2/c23-15-16-4-5-17(14-16)21-18(24)20-10-13-22-11-8-19(9-12-22)6-2-1-3-7-19/h4-5,16-17,23H,1-3,6-15H2,(H2,20,21,24)/t16-,17+/m0/s1. The van der Waals surface area contributed by atoms with Crippen molar-refractivity contribution < 1.29 is 9.90 Å². The maximum Gasteiger partial charge on any atom is 0.315 e. The van der Waals surface area contributed by atoms with Gasteiger partial charge in [0.25, 0.3) is 0 Å². The molecule has 5 heteroatoms. The number of hydrogen-bond acceptors (Lipinski definition) is 3. The van der Waals surface area contributed by atoms with E-state index in [1.165, 1.54) is 58.0 Å². The number of amides is 2. The molecular formula is C19H33N3O2. The van der Waals surface area contributed by atoms with E-state index >= 15 is 0 Å². The van der Waals surface area contributed by atoms with Crippen LogP contribution in [0.2, 0.25) is 0 Å². The Labute approximate surface area is 145 Å². The molecule has 0 aromatic rings. The molecule has 136 valence electrons. The highest BCUT2D eigenvalue weighted by atomic mass is 16.3. The van der Waals surface area contributed by atoms with Crippen molar-refractivity contribution in [1.82, 2.24) is 15.5 Å². The van der Waals surface area contributed by atoms with Gasteiger partial charge < -0.3 is 20.6 Å². The van der Waals surface area contributed by atoms with Crippen LogP contribution in [0.1, 0.15) is 51.4 Å². The second kappa shape index (κ2) is 8.34. The zero-order chi connectivity index (χ0) is 16.8. The second-order valence-electron chi connectivity index (χ2n) is 7.97. The molecule has 2 amide bonds. The van der Waals surface area contributed by atoms with Crippen molar-refractivity contribution in [3.8, 4) is 0 Å². The first kappa shape index (κ1) is 17.7. The van der Waals surface area contributed by atoms with Crippen LogP contribution in [0.15, 0.2) is 12.2 Å². The summed E-state index contributed by atoms with van der Waals surface area (Å²) in [6.07, 6.45) is 14.6. The summed E-state index contributed by atoms with van der Waals surface area (Å²) in [6.45, 7) is 4.19. The Morgan fingerprint density at radius 3 is 2.54 bits per heavy atom. The molecule has 2 fully saturated rings. The minimum absolute atomic E-state index is 0.0586. The number of aliphatic hydroxyl groups excluding tert-OH is 1. The average molecular weight is 335 g/mol. The van der Waals surface area contributed by atoms with E-state index in [2.05, 4.69) is 15.5 Å². The van der Waals surface area contributed by atoms with Gasteiger partial charge in [0.15, 0.2) is 0 Å². The molecule has 1 saturated heterocycles. The van der Waals surface area contributed by atoms with Crippen LogP contribution in [0.25, 0.3) is 0 Å². The lowest BCUT2D eigenvalue weighted by atomic mass is 9.68. The van der Waals surface area contributed by atoms with E-state index in [1.54, 1.807) is 0 Å². The van der Waals surface area contributed by atoms with Crippen molar-refractivity contribution >= 4 is 6.03 Å². The van der Waals surface area contributed by atoms with Crippen LogP contribution >= 0.6 is 0 Å². The van der Waals surface area contributed by atoms with Crippen LogP contribution in [0.5, 0.6) is 0 Å². The molecule has 0 bridgehead atoms. The fourth-order valence-electron chi connectivity index (χ4n) is 4.62. The van der Waals surface area contributed by atoms with E-state index in [4.69, 9.17) is 5.11 Å². The smallest absolute Gasteiger partial charge is 0.315 e. The summed E-state index contributed by atoms with van der Waals surface area (Å²) >= 11 is 0. The highest BCUT2D eigenvalue weighted by Gasteiger charge is 2.35. The maximum atomic E-state index is 11.9. The molecule has 1 spiro atoms. The Kier molecular flexibility index (Phi) is 6.17. The molecule has 1 saturated carbocycles. The molecule has 0 aromatic carbocycles. The number of rotatable bonds is 5. The molecule has 2 atom stereocenters. The van der Waals surface area contributed by atoms with Gasteiger partial charge in [0.2, 0.25) is 0 Å². The summed E-state index contributed by atoms with van der Waals surface area (Å²) in [5, 5.41) is 15.0. The normalized spacial score (nSPS) is 29.7. The number of carbonyl (C=O) groups excluding carboxylic acids is 1. The van der Waals surface area contributed by atoms with Crippen LogP contribution in [0.4, 0.5) is 4.79 Å². The number of nitrogens with one attached hydrogen (secondary N) is 2. The zero-order valence-corrected chi connectivity index (χ0v) is 14.8. The Hall–Kier alpha value is -1.07. The minimum Gasteiger partial charge on any atom is -0.396 e. The summed E-state index contributed by atoms with van der Waals surface area (Å²) in [4.78, 5) is 14.4. The van der Waals surface area contributed by atoms with Crippen molar-refractivity contribution in [2.75, 3.05) is 32.8 Å². The molecule has 1 heterocycles. The monoisotopic (exact) mass is 335 g/mol. The van der Waals surface area contributed by atoms with Crippen LogP contribution in [-0.4, -0.2) is 54.9 Å². The van der Waals surface area contributed by atoms with Gasteiger partial charge >= 0.3 is 6.03 Å². The highest BCUT2D eigenvalue weighted by Crippen LogP contribution is 2.44. The molecular weight excluding hydrogens is 302 g/mol. The number of urea groups is 1. The Morgan fingerprint density at radius 2 is 1.88 bits per heavy atom. The lowest BCUT2D eigenvalue weighted by molar-refractivity contribution is 0.0686. The summed E-state index contributed by atoms with van der Waals surface area (Å²) < 4.78 is 0. The Bertz CT molecular complexity index is 436. The predicted octanol–water partition coefficient (Wildman–Crippen LogP) is 2.27. The van der Waals surface area contributed by atoms with Gasteiger partial charge in [-0.3, -0.25) is 0 Å². The average Bonchev–Trinajstić information content (AvgIpc) is 3.05. The number of likely N-dealkylation sites (tertiary alicyclic amines) is 1. The molecule has 3 rings (SSSR count). The molecule has 0 radical (unpaired) electrons. The SMILES string of the molecule is O=C(NCCN1CCC2(CCCCC2)CC1)N[C@@H]1C=C[C@H](CO)C1. The summed E-state index contributed by atoms with van der Waals surface area (Å²) in [5.74, 6) is 0.191. The molecule has 24 heavy (non-hydrogen) atoms. The number of piperidine rings is 1. The summed E-state index contributed by atoms with van der Waals surface area (Å²) in [7, 11) is 0. The first-order valence-electron chi connectivity index (χ1n) is 9.75. The second-order valence-corrected chi connectivity index (χ2v) is 7.97. The summed E-state index contributed by atoms with van der Waals surface area (Å²) in [5.41, 5.74) is 0.650. The maximum absolute atomic E-state index is 11.9. The quantitative estimate of drug-likeness (QED) is 0.675. The molecule has 2 aliphatic carbocycles. The lowest BCUT2D eigenvalue weighted by Gasteiger charge is -2.44. The Balaban J connectivity index is 1.28. The largest absolute Gasteiger partial charge is 0.396 e. The summed E-state index contributed by atoms with van der Waals surface area (Å²) in [6, 6.07) is -0.0349. The molecule has 1 aliphatic heterocycles. The van der Waals surface area contributed by atoms with Crippen molar-refractivity contribution in [3.63, 3.8) is 0 Å². The van der Waals surface area contributed by atoms with Gasteiger partial charge in [-0.2, -0.15) is 0 Å². The Morgan fingerprint density at radius 1 is 1.12 bits per heavy atom. The third-order valence-corrected chi connectivity index (χ3v) is 6.27. The third kappa shape index (κ3) is 4.73. The van der Waals surface area contributed by atoms with Crippen LogP contribution < -0.4 is 10.6 Å². The van der Waals surface area contributed by atoms with Gasteiger partial charge in [0, 0.05) is 31.7 Å². The van der Waals surface area contributed by atoms with Crippen LogP contribution in [0.3, 0.4) is 0 Å². The van der Waals surface area contributed by atoms with Crippen molar-refractivity contribution in [1.29, 1.82) is 0 Å². The van der Waals surface area contributed by atoms with Gasteiger partial charge in [-0.25, -0.2) is 4.79 Å². The predicted molar refractivity (Wildman–Crippen MR) is 95.8 cm³/mol. The number of nitrogens with zero attached hydrogens (tertiary/aromatic N) is 1. The number of aliphatic hydroxyl groups is 1. The van der Waals surface area contributed by atoms with E-state index in [1.807, 2.05) is 12.2 Å². The van der Waals surface area contributed by atoms with E-state index < -0.39 is 0 Å². The van der Waals surface area contributed by atoms with Gasteiger partial charge in [-0.05, 0) is 50.6 Å². The van der Waals surface area contributed by atoms with Crippen LogP contribution in [0, 0.1) is 11.3 Å². The van der Waals surface area contributed by atoms with Crippen LogP contribution in [-0.2, 0) is 0 Å². The van der Waals surface area contributed by atoms with Crippen molar-refractivity contribution in [2.24, 2.45) is 11.3 Å². The molecule has 0 aromatic heterocycles. The molecule has 3 N–H and O–H groups in total. The molecule has 0 unspecified atom stereocenters. The zero-order valence-electron chi connectivity index (χ0n) is 14.8.